The Morgan fingerprint density at radius 1 is 0.968 bits per heavy atom. The molecule has 0 unspecified atom stereocenters. The van der Waals surface area contributed by atoms with E-state index in [0.717, 1.165) is 16.9 Å². The molecule has 1 aliphatic rings. The van der Waals surface area contributed by atoms with E-state index in [9.17, 15) is 9.59 Å². The molecule has 3 aromatic rings. The van der Waals surface area contributed by atoms with E-state index in [1.165, 1.54) is 4.90 Å². The fraction of sp³-hybridized carbons (Fsp3) is 0.125. The highest BCUT2D eigenvalue weighted by molar-refractivity contribution is 5.99. The summed E-state index contributed by atoms with van der Waals surface area (Å²) in [5, 5.41) is 9.12. The van der Waals surface area contributed by atoms with E-state index in [1.807, 2.05) is 60.7 Å². The Hall–Kier alpha value is -4.13. The SMILES string of the molecule is NC(=O)c1ccc(C2=CCN(C(=O)O)CC2)nc1-c1ccc(Oc2ccccc2)cc1. The summed E-state index contributed by atoms with van der Waals surface area (Å²) in [6.07, 6.45) is 1.47. The standard InChI is InChI=1S/C24H21N3O4/c25-23(28)20-10-11-21(16-12-14-27(15-13-16)24(29)30)26-22(20)17-6-8-19(9-7-17)31-18-4-2-1-3-5-18/h1-12H,13-15H2,(H2,25,28)(H,29,30). The van der Waals surface area contributed by atoms with Gasteiger partial charge in [0.1, 0.15) is 11.5 Å². The maximum absolute atomic E-state index is 12.0. The van der Waals surface area contributed by atoms with Crippen LogP contribution in [0.5, 0.6) is 11.5 Å². The van der Waals surface area contributed by atoms with E-state index >= 15 is 0 Å². The lowest BCUT2D eigenvalue weighted by Gasteiger charge is -2.23. The topological polar surface area (TPSA) is 106 Å². The van der Waals surface area contributed by atoms with Crippen LogP contribution in [0, 0.1) is 0 Å². The van der Waals surface area contributed by atoms with Crippen LogP contribution < -0.4 is 10.5 Å². The fourth-order valence-electron chi connectivity index (χ4n) is 3.44. The van der Waals surface area contributed by atoms with E-state index in [1.54, 1.807) is 12.1 Å². The summed E-state index contributed by atoms with van der Waals surface area (Å²) in [7, 11) is 0. The van der Waals surface area contributed by atoms with Crippen molar-refractivity contribution in [2.24, 2.45) is 5.73 Å². The maximum atomic E-state index is 12.0. The monoisotopic (exact) mass is 415 g/mol. The lowest BCUT2D eigenvalue weighted by atomic mass is 10.00. The fourth-order valence-corrected chi connectivity index (χ4v) is 3.44. The molecule has 7 heteroatoms. The number of aromatic nitrogens is 1. The van der Waals surface area contributed by atoms with Crippen molar-refractivity contribution >= 4 is 17.6 Å². The molecule has 0 fully saturated rings. The van der Waals surface area contributed by atoms with Gasteiger partial charge in [0.2, 0.25) is 0 Å². The molecule has 0 saturated heterocycles. The van der Waals surface area contributed by atoms with Crippen LogP contribution in [0.1, 0.15) is 22.5 Å². The van der Waals surface area contributed by atoms with Gasteiger partial charge < -0.3 is 20.5 Å². The summed E-state index contributed by atoms with van der Waals surface area (Å²) in [5.74, 6) is 0.830. The number of carbonyl (C=O) groups excluding carboxylic acids is 1. The van der Waals surface area contributed by atoms with Crippen molar-refractivity contribution in [2.45, 2.75) is 6.42 Å². The van der Waals surface area contributed by atoms with Crippen molar-refractivity contribution in [1.29, 1.82) is 0 Å². The minimum atomic E-state index is -0.939. The van der Waals surface area contributed by atoms with Crippen LogP contribution in [0.3, 0.4) is 0 Å². The third-order valence-electron chi connectivity index (χ3n) is 5.08. The first-order valence-electron chi connectivity index (χ1n) is 9.83. The number of carboxylic acid groups (broad SMARTS) is 1. The molecule has 7 nitrogen and oxygen atoms in total. The molecule has 4 rings (SSSR count). The second kappa shape index (κ2) is 8.71. The van der Waals surface area contributed by atoms with E-state index in [2.05, 4.69) is 0 Å². The Balaban J connectivity index is 1.63. The summed E-state index contributed by atoms with van der Waals surface area (Å²) in [6.45, 7) is 0.714. The second-order valence-corrected chi connectivity index (χ2v) is 7.10. The van der Waals surface area contributed by atoms with Gasteiger partial charge in [-0.1, -0.05) is 24.3 Å². The molecule has 2 aromatic carbocycles. The van der Waals surface area contributed by atoms with Crippen molar-refractivity contribution in [3.8, 4) is 22.8 Å². The number of para-hydroxylation sites is 1. The molecule has 0 spiro atoms. The van der Waals surface area contributed by atoms with Gasteiger partial charge in [-0.05, 0) is 60.5 Å². The van der Waals surface area contributed by atoms with E-state index in [4.69, 9.17) is 20.6 Å². The molecule has 2 heterocycles. The van der Waals surface area contributed by atoms with Gasteiger partial charge in [0.15, 0.2) is 0 Å². The minimum absolute atomic E-state index is 0.310. The van der Waals surface area contributed by atoms with Gasteiger partial charge in [-0.3, -0.25) is 4.79 Å². The average Bonchev–Trinajstić information content (AvgIpc) is 2.80. The van der Waals surface area contributed by atoms with Gasteiger partial charge in [-0.15, -0.1) is 0 Å². The van der Waals surface area contributed by atoms with Crippen LogP contribution >= 0.6 is 0 Å². The average molecular weight is 415 g/mol. The van der Waals surface area contributed by atoms with Crippen molar-refractivity contribution in [2.75, 3.05) is 13.1 Å². The first-order chi connectivity index (χ1) is 15.0. The highest BCUT2D eigenvalue weighted by Crippen LogP contribution is 2.29. The number of nitrogens with zero attached hydrogens (tertiary/aromatic N) is 2. The van der Waals surface area contributed by atoms with Gasteiger partial charge >= 0.3 is 6.09 Å². The molecule has 31 heavy (non-hydrogen) atoms. The number of pyridine rings is 1. The number of carbonyl (C=O) groups is 2. The summed E-state index contributed by atoms with van der Waals surface area (Å²) in [6, 6.07) is 20.1. The summed E-state index contributed by atoms with van der Waals surface area (Å²) in [4.78, 5) is 29.1. The highest BCUT2D eigenvalue weighted by atomic mass is 16.5. The molecule has 0 radical (unpaired) electrons. The number of primary amides is 1. The highest BCUT2D eigenvalue weighted by Gasteiger charge is 2.19. The van der Waals surface area contributed by atoms with E-state index in [0.29, 0.717) is 42.2 Å². The molecular weight excluding hydrogens is 394 g/mol. The Morgan fingerprint density at radius 3 is 2.29 bits per heavy atom. The Kier molecular flexibility index (Phi) is 5.66. The van der Waals surface area contributed by atoms with Crippen LogP contribution in [0.4, 0.5) is 4.79 Å². The number of benzene rings is 2. The van der Waals surface area contributed by atoms with Crippen LogP contribution in [-0.2, 0) is 0 Å². The molecule has 1 aliphatic heterocycles. The molecule has 156 valence electrons. The zero-order chi connectivity index (χ0) is 21.8. The van der Waals surface area contributed by atoms with E-state index in [-0.39, 0.29) is 0 Å². The molecule has 0 bridgehead atoms. The predicted molar refractivity (Wildman–Crippen MR) is 117 cm³/mol. The molecule has 0 aliphatic carbocycles. The molecule has 3 N–H and O–H groups in total. The van der Waals surface area contributed by atoms with Crippen LogP contribution in [0.25, 0.3) is 16.8 Å². The summed E-state index contributed by atoms with van der Waals surface area (Å²) < 4.78 is 5.82. The molecule has 0 saturated carbocycles. The Morgan fingerprint density at radius 2 is 1.68 bits per heavy atom. The van der Waals surface area contributed by atoms with E-state index < -0.39 is 12.0 Å². The lowest BCUT2D eigenvalue weighted by Crippen LogP contribution is -2.33. The quantitative estimate of drug-likeness (QED) is 0.642. The number of hydrogen-bond donors (Lipinski definition) is 2. The van der Waals surface area contributed by atoms with Crippen molar-refractivity contribution in [3.05, 3.63) is 84.1 Å². The number of hydrogen-bond acceptors (Lipinski definition) is 4. The first-order valence-corrected chi connectivity index (χ1v) is 9.83. The van der Waals surface area contributed by atoms with Gasteiger partial charge in [-0.25, -0.2) is 9.78 Å². The largest absolute Gasteiger partial charge is 0.465 e. The third-order valence-corrected chi connectivity index (χ3v) is 5.08. The maximum Gasteiger partial charge on any atom is 0.407 e. The normalized spacial score (nSPS) is 13.4. The third kappa shape index (κ3) is 4.56. The zero-order valence-corrected chi connectivity index (χ0v) is 16.7. The van der Waals surface area contributed by atoms with Gasteiger partial charge in [0.05, 0.1) is 17.0 Å². The predicted octanol–water partition coefficient (Wildman–Crippen LogP) is 4.41. The van der Waals surface area contributed by atoms with Crippen LogP contribution in [0.2, 0.25) is 0 Å². The molecular formula is C24H21N3O4. The zero-order valence-electron chi connectivity index (χ0n) is 16.7. The Labute approximate surface area is 179 Å². The van der Waals surface area contributed by atoms with Crippen molar-refractivity contribution < 1.29 is 19.4 Å². The van der Waals surface area contributed by atoms with Crippen molar-refractivity contribution in [3.63, 3.8) is 0 Å². The number of nitrogens with two attached hydrogens (primary N) is 1. The number of rotatable bonds is 5. The van der Waals surface area contributed by atoms with Crippen molar-refractivity contribution in [1.82, 2.24) is 9.88 Å². The van der Waals surface area contributed by atoms with Crippen LogP contribution in [0.15, 0.2) is 72.8 Å². The van der Waals surface area contributed by atoms with Gasteiger partial charge in [0.25, 0.3) is 5.91 Å². The number of ether oxygens (including phenoxy) is 1. The number of amides is 2. The lowest BCUT2D eigenvalue weighted by molar-refractivity contribution is 0.100. The summed E-state index contributed by atoms with van der Waals surface area (Å²) in [5.41, 5.74) is 8.76. The minimum Gasteiger partial charge on any atom is -0.465 e. The molecule has 0 atom stereocenters. The second-order valence-electron chi connectivity index (χ2n) is 7.10. The summed E-state index contributed by atoms with van der Waals surface area (Å²) >= 11 is 0. The van der Waals surface area contributed by atoms with Crippen LogP contribution in [-0.4, -0.2) is 40.1 Å². The molecule has 1 aromatic heterocycles. The Bertz CT molecular complexity index is 1140. The van der Waals surface area contributed by atoms with Gasteiger partial charge in [-0.2, -0.15) is 0 Å². The smallest absolute Gasteiger partial charge is 0.407 e. The first kappa shape index (κ1) is 20.2. The molecule has 2 amide bonds. The van der Waals surface area contributed by atoms with Gasteiger partial charge in [0, 0.05) is 18.7 Å².